The standard InChI is InChI=1S/C24H39N3O4/c1-3-25-24(26-16-20(28)17-30-22-9-6-7-19(2)15-22)27-12-10-21(11-13-27)31-18-23-8-4-5-14-29-23/h6-7,9,15,20-21,23,28H,3-5,8,10-14,16-18H2,1-2H3,(H,25,26). The number of aliphatic hydroxyl groups excluding tert-OH is 1. The molecular weight excluding hydrogens is 394 g/mol. The zero-order valence-corrected chi connectivity index (χ0v) is 19.1. The topological polar surface area (TPSA) is 75.6 Å². The van der Waals surface area contributed by atoms with Crippen molar-refractivity contribution in [2.45, 2.75) is 64.3 Å². The van der Waals surface area contributed by atoms with E-state index in [4.69, 9.17) is 14.2 Å². The summed E-state index contributed by atoms with van der Waals surface area (Å²) in [7, 11) is 0. The number of piperidine rings is 1. The fourth-order valence-electron chi connectivity index (χ4n) is 3.98. The molecule has 2 heterocycles. The third kappa shape index (κ3) is 8.31. The monoisotopic (exact) mass is 433 g/mol. The molecule has 174 valence electrons. The minimum atomic E-state index is -0.648. The molecule has 1 aromatic rings. The summed E-state index contributed by atoms with van der Waals surface area (Å²) in [5, 5.41) is 13.7. The lowest BCUT2D eigenvalue weighted by Gasteiger charge is -2.35. The zero-order valence-electron chi connectivity index (χ0n) is 19.1. The number of guanidine groups is 1. The number of aliphatic hydroxyl groups is 1. The van der Waals surface area contributed by atoms with Gasteiger partial charge in [-0.05, 0) is 63.6 Å². The van der Waals surface area contributed by atoms with Crippen molar-refractivity contribution in [3.63, 3.8) is 0 Å². The van der Waals surface area contributed by atoms with Crippen LogP contribution < -0.4 is 10.1 Å². The van der Waals surface area contributed by atoms with Crippen LogP contribution in [0.2, 0.25) is 0 Å². The molecule has 2 atom stereocenters. The molecule has 2 saturated heterocycles. The summed E-state index contributed by atoms with van der Waals surface area (Å²) in [6, 6.07) is 7.84. The van der Waals surface area contributed by atoms with Gasteiger partial charge in [0, 0.05) is 26.2 Å². The lowest BCUT2D eigenvalue weighted by atomic mass is 10.1. The average molecular weight is 434 g/mol. The van der Waals surface area contributed by atoms with Crippen LogP contribution in [0.1, 0.15) is 44.6 Å². The number of aliphatic imine (C=N–C) groups is 1. The molecule has 2 unspecified atom stereocenters. The summed E-state index contributed by atoms with van der Waals surface area (Å²) in [6.07, 6.45) is 5.42. The van der Waals surface area contributed by atoms with Gasteiger partial charge in [0.2, 0.25) is 0 Å². The molecule has 0 aliphatic carbocycles. The van der Waals surface area contributed by atoms with Crippen LogP contribution in [0.25, 0.3) is 0 Å². The Morgan fingerprint density at radius 3 is 2.84 bits per heavy atom. The van der Waals surface area contributed by atoms with E-state index in [9.17, 15) is 5.11 Å². The summed E-state index contributed by atoms with van der Waals surface area (Å²) >= 11 is 0. The number of nitrogens with zero attached hydrogens (tertiary/aromatic N) is 2. The largest absolute Gasteiger partial charge is 0.491 e. The summed E-state index contributed by atoms with van der Waals surface area (Å²) in [4.78, 5) is 6.91. The van der Waals surface area contributed by atoms with Crippen LogP contribution in [0.5, 0.6) is 5.75 Å². The molecule has 0 radical (unpaired) electrons. The number of likely N-dealkylation sites (tertiary alicyclic amines) is 1. The Morgan fingerprint density at radius 2 is 2.13 bits per heavy atom. The molecule has 2 aliphatic rings. The Bertz CT molecular complexity index is 671. The molecule has 7 nitrogen and oxygen atoms in total. The van der Waals surface area contributed by atoms with Crippen molar-refractivity contribution < 1.29 is 19.3 Å². The average Bonchev–Trinajstić information content (AvgIpc) is 2.80. The van der Waals surface area contributed by atoms with Gasteiger partial charge in [-0.25, -0.2) is 0 Å². The third-order valence-electron chi connectivity index (χ3n) is 5.75. The smallest absolute Gasteiger partial charge is 0.194 e. The summed E-state index contributed by atoms with van der Waals surface area (Å²) < 4.78 is 17.6. The van der Waals surface area contributed by atoms with Crippen molar-refractivity contribution >= 4 is 5.96 Å². The van der Waals surface area contributed by atoms with Crippen LogP contribution in [0.4, 0.5) is 0 Å². The van der Waals surface area contributed by atoms with Gasteiger partial charge in [0.1, 0.15) is 18.5 Å². The Labute approximate surface area is 186 Å². The number of ether oxygens (including phenoxy) is 3. The minimum Gasteiger partial charge on any atom is -0.491 e. The van der Waals surface area contributed by atoms with Gasteiger partial charge in [0.25, 0.3) is 0 Å². The van der Waals surface area contributed by atoms with Gasteiger partial charge in [-0.1, -0.05) is 12.1 Å². The Balaban J connectivity index is 1.40. The zero-order chi connectivity index (χ0) is 21.9. The van der Waals surface area contributed by atoms with E-state index in [0.29, 0.717) is 13.2 Å². The maximum absolute atomic E-state index is 10.3. The molecule has 31 heavy (non-hydrogen) atoms. The van der Waals surface area contributed by atoms with Crippen LogP contribution in [0.15, 0.2) is 29.3 Å². The van der Waals surface area contributed by atoms with Gasteiger partial charge in [-0.15, -0.1) is 0 Å². The number of aryl methyl sites for hydroxylation is 1. The van der Waals surface area contributed by atoms with Crippen LogP contribution in [-0.4, -0.2) is 80.3 Å². The normalized spacial score (nSPS) is 21.7. The van der Waals surface area contributed by atoms with E-state index in [1.807, 2.05) is 31.2 Å². The molecule has 0 saturated carbocycles. The maximum Gasteiger partial charge on any atom is 0.194 e. The van der Waals surface area contributed by atoms with E-state index in [2.05, 4.69) is 22.1 Å². The first-order chi connectivity index (χ1) is 15.1. The van der Waals surface area contributed by atoms with E-state index in [0.717, 1.165) is 62.8 Å². The molecule has 0 aromatic heterocycles. The number of benzene rings is 1. The van der Waals surface area contributed by atoms with Crippen LogP contribution >= 0.6 is 0 Å². The van der Waals surface area contributed by atoms with Crippen molar-refractivity contribution in [3.05, 3.63) is 29.8 Å². The van der Waals surface area contributed by atoms with Crippen molar-refractivity contribution in [2.75, 3.05) is 46.0 Å². The molecule has 2 N–H and O–H groups in total. The lowest BCUT2D eigenvalue weighted by molar-refractivity contribution is -0.0721. The maximum atomic E-state index is 10.3. The van der Waals surface area contributed by atoms with Crippen molar-refractivity contribution in [1.82, 2.24) is 10.2 Å². The highest BCUT2D eigenvalue weighted by molar-refractivity contribution is 5.80. The van der Waals surface area contributed by atoms with Crippen LogP contribution in [-0.2, 0) is 9.47 Å². The predicted molar refractivity (Wildman–Crippen MR) is 123 cm³/mol. The van der Waals surface area contributed by atoms with Crippen molar-refractivity contribution in [2.24, 2.45) is 4.99 Å². The first-order valence-corrected chi connectivity index (χ1v) is 11.8. The quantitative estimate of drug-likeness (QED) is 0.461. The Morgan fingerprint density at radius 1 is 1.29 bits per heavy atom. The first kappa shape index (κ1) is 23.8. The van der Waals surface area contributed by atoms with Crippen LogP contribution in [0, 0.1) is 6.92 Å². The number of hydrogen-bond acceptors (Lipinski definition) is 5. The van der Waals surface area contributed by atoms with Crippen molar-refractivity contribution in [3.8, 4) is 5.75 Å². The Hall–Kier alpha value is -1.83. The van der Waals surface area contributed by atoms with Gasteiger partial charge in [-0.3, -0.25) is 4.99 Å². The van der Waals surface area contributed by atoms with Gasteiger partial charge in [0.15, 0.2) is 5.96 Å². The lowest BCUT2D eigenvalue weighted by Crippen LogP contribution is -2.47. The second-order valence-electron chi connectivity index (χ2n) is 8.48. The highest BCUT2D eigenvalue weighted by Crippen LogP contribution is 2.18. The highest BCUT2D eigenvalue weighted by atomic mass is 16.5. The molecular formula is C24H39N3O4. The van der Waals surface area contributed by atoms with E-state index < -0.39 is 6.10 Å². The predicted octanol–water partition coefficient (Wildman–Crippen LogP) is 2.75. The number of hydrogen-bond donors (Lipinski definition) is 2. The molecule has 1 aromatic carbocycles. The minimum absolute atomic E-state index is 0.228. The molecule has 2 aliphatic heterocycles. The highest BCUT2D eigenvalue weighted by Gasteiger charge is 2.24. The van der Waals surface area contributed by atoms with Gasteiger partial charge >= 0.3 is 0 Å². The van der Waals surface area contributed by atoms with Crippen molar-refractivity contribution in [1.29, 1.82) is 0 Å². The second-order valence-corrected chi connectivity index (χ2v) is 8.48. The molecule has 3 rings (SSSR count). The molecule has 0 bridgehead atoms. The van der Waals surface area contributed by atoms with Gasteiger partial charge in [-0.2, -0.15) is 0 Å². The molecule has 0 amide bonds. The van der Waals surface area contributed by atoms with Crippen LogP contribution in [0.3, 0.4) is 0 Å². The molecule has 7 heteroatoms. The third-order valence-corrected chi connectivity index (χ3v) is 5.75. The molecule has 2 fully saturated rings. The second kappa shape index (κ2) is 12.9. The molecule has 0 spiro atoms. The number of rotatable bonds is 9. The Kier molecular flexibility index (Phi) is 9.90. The fourth-order valence-corrected chi connectivity index (χ4v) is 3.98. The van der Waals surface area contributed by atoms with E-state index in [-0.39, 0.29) is 18.8 Å². The van der Waals surface area contributed by atoms with E-state index in [1.54, 1.807) is 0 Å². The number of nitrogens with one attached hydrogen (secondary N) is 1. The summed E-state index contributed by atoms with van der Waals surface area (Å²) in [6.45, 7) is 8.80. The summed E-state index contributed by atoms with van der Waals surface area (Å²) in [5.41, 5.74) is 1.14. The van der Waals surface area contributed by atoms with E-state index in [1.165, 1.54) is 12.8 Å². The fraction of sp³-hybridized carbons (Fsp3) is 0.708. The van der Waals surface area contributed by atoms with Gasteiger partial charge in [0.05, 0.1) is 25.4 Å². The first-order valence-electron chi connectivity index (χ1n) is 11.8. The van der Waals surface area contributed by atoms with Gasteiger partial charge < -0.3 is 29.5 Å². The SMILES string of the molecule is CCNC(=NCC(O)COc1cccc(C)c1)N1CCC(OCC2CCCCO2)CC1. The van der Waals surface area contributed by atoms with E-state index >= 15 is 0 Å². The summed E-state index contributed by atoms with van der Waals surface area (Å²) in [5.74, 6) is 1.63.